The predicted octanol–water partition coefficient (Wildman–Crippen LogP) is 5.03. The summed E-state index contributed by atoms with van der Waals surface area (Å²) in [6.07, 6.45) is 8.01. The van der Waals surface area contributed by atoms with Crippen molar-refractivity contribution in [2.45, 2.75) is 26.4 Å². The van der Waals surface area contributed by atoms with Gasteiger partial charge < -0.3 is 19.4 Å². The largest absolute Gasteiger partial charge is 0.496 e. The van der Waals surface area contributed by atoms with E-state index in [0.29, 0.717) is 12.4 Å². The van der Waals surface area contributed by atoms with Crippen LogP contribution in [0.15, 0.2) is 61.1 Å². The maximum absolute atomic E-state index is 5.91. The van der Waals surface area contributed by atoms with E-state index in [1.807, 2.05) is 55.8 Å². The van der Waals surface area contributed by atoms with E-state index in [-0.39, 0.29) is 0 Å². The predicted molar refractivity (Wildman–Crippen MR) is 129 cm³/mol. The van der Waals surface area contributed by atoms with E-state index < -0.39 is 0 Å². The number of hydrogen-bond donors (Lipinski definition) is 1. The van der Waals surface area contributed by atoms with E-state index in [0.717, 1.165) is 58.6 Å². The minimum Gasteiger partial charge on any atom is -0.496 e. The van der Waals surface area contributed by atoms with Gasteiger partial charge in [0.25, 0.3) is 0 Å². The van der Waals surface area contributed by atoms with Crippen molar-refractivity contribution in [3.63, 3.8) is 0 Å². The smallest absolute Gasteiger partial charge is 0.139 e. The van der Waals surface area contributed by atoms with Gasteiger partial charge in [-0.15, -0.1) is 0 Å². The highest BCUT2D eigenvalue weighted by atomic mass is 16.5. The standard InChI is InChI=1S/C26H27N5O2/c1-18-5-7-20(27-14-18)17-33-21-8-9-22(24(13-21)32-2)23-16-29-26(30-23)19-6-10-25(28-15-19)31-11-3-4-12-31/h5-10,13-16H,3-4,11-12,17H2,1-2H3,(H,29,30). The third-order valence-electron chi connectivity index (χ3n) is 5.85. The molecule has 4 aromatic rings. The highest BCUT2D eigenvalue weighted by Gasteiger charge is 2.15. The van der Waals surface area contributed by atoms with Gasteiger partial charge in [0.2, 0.25) is 0 Å². The number of aromatic nitrogens is 4. The summed E-state index contributed by atoms with van der Waals surface area (Å²) in [7, 11) is 1.66. The molecule has 0 amide bonds. The molecule has 0 unspecified atom stereocenters. The number of ether oxygens (including phenoxy) is 2. The second-order valence-electron chi connectivity index (χ2n) is 8.22. The number of nitrogens with zero attached hydrogens (tertiary/aromatic N) is 4. The van der Waals surface area contributed by atoms with Crippen LogP contribution in [0.4, 0.5) is 5.82 Å². The van der Waals surface area contributed by atoms with Crippen LogP contribution in [0.5, 0.6) is 11.5 Å². The first-order chi connectivity index (χ1) is 16.2. The number of anilines is 1. The molecule has 0 atom stereocenters. The molecule has 0 bridgehead atoms. The third-order valence-corrected chi connectivity index (χ3v) is 5.85. The fourth-order valence-electron chi connectivity index (χ4n) is 3.99. The highest BCUT2D eigenvalue weighted by Crippen LogP contribution is 2.33. The van der Waals surface area contributed by atoms with Gasteiger partial charge >= 0.3 is 0 Å². The average Bonchev–Trinajstić information content (AvgIpc) is 3.56. The van der Waals surface area contributed by atoms with Crippen molar-refractivity contribution in [2.75, 3.05) is 25.1 Å². The van der Waals surface area contributed by atoms with E-state index in [9.17, 15) is 0 Å². The molecular weight excluding hydrogens is 414 g/mol. The molecule has 168 valence electrons. The van der Waals surface area contributed by atoms with Gasteiger partial charge in [-0.3, -0.25) is 4.98 Å². The number of H-pyrrole nitrogens is 1. The van der Waals surface area contributed by atoms with Crippen molar-refractivity contribution in [1.29, 1.82) is 0 Å². The Morgan fingerprint density at radius 1 is 0.939 bits per heavy atom. The Morgan fingerprint density at radius 3 is 2.55 bits per heavy atom. The zero-order valence-electron chi connectivity index (χ0n) is 18.9. The summed E-state index contributed by atoms with van der Waals surface area (Å²) < 4.78 is 11.5. The van der Waals surface area contributed by atoms with Crippen LogP contribution >= 0.6 is 0 Å². The fraction of sp³-hybridized carbons (Fsp3) is 0.269. The normalized spacial score (nSPS) is 13.3. The summed E-state index contributed by atoms with van der Waals surface area (Å²) in [5, 5.41) is 0. The molecule has 1 fully saturated rings. The van der Waals surface area contributed by atoms with Crippen molar-refractivity contribution in [1.82, 2.24) is 19.9 Å². The molecule has 0 saturated carbocycles. The molecule has 1 aromatic carbocycles. The summed E-state index contributed by atoms with van der Waals surface area (Å²) in [4.78, 5) is 19.3. The van der Waals surface area contributed by atoms with Crippen LogP contribution in [-0.4, -0.2) is 40.1 Å². The minimum atomic E-state index is 0.400. The van der Waals surface area contributed by atoms with Gasteiger partial charge in [0, 0.05) is 42.7 Å². The zero-order valence-corrected chi connectivity index (χ0v) is 18.9. The molecule has 1 aliphatic heterocycles. The Bertz CT molecular complexity index is 1210. The Morgan fingerprint density at radius 2 is 1.82 bits per heavy atom. The van der Waals surface area contributed by atoms with Crippen LogP contribution in [0.3, 0.4) is 0 Å². The van der Waals surface area contributed by atoms with Crippen molar-refractivity contribution in [3.8, 4) is 34.1 Å². The minimum absolute atomic E-state index is 0.400. The van der Waals surface area contributed by atoms with E-state index >= 15 is 0 Å². The van der Waals surface area contributed by atoms with Crippen molar-refractivity contribution < 1.29 is 9.47 Å². The first-order valence-corrected chi connectivity index (χ1v) is 11.2. The van der Waals surface area contributed by atoms with E-state index in [1.165, 1.54) is 12.8 Å². The molecule has 7 heteroatoms. The second-order valence-corrected chi connectivity index (χ2v) is 8.22. The lowest BCUT2D eigenvalue weighted by molar-refractivity contribution is 0.299. The summed E-state index contributed by atoms with van der Waals surface area (Å²) in [6.45, 7) is 4.58. The molecule has 33 heavy (non-hydrogen) atoms. The lowest BCUT2D eigenvalue weighted by Crippen LogP contribution is -2.18. The maximum atomic E-state index is 5.91. The fourth-order valence-corrected chi connectivity index (χ4v) is 3.99. The van der Waals surface area contributed by atoms with Gasteiger partial charge in [0.05, 0.1) is 24.7 Å². The lowest BCUT2D eigenvalue weighted by Gasteiger charge is -2.15. The van der Waals surface area contributed by atoms with Gasteiger partial charge in [-0.1, -0.05) is 6.07 Å². The van der Waals surface area contributed by atoms with E-state index in [4.69, 9.17) is 9.47 Å². The first-order valence-electron chi connectivity index (χ1n) is 11.2. The molecule has 1 N–H and O–H groups in total. The number of benzene rings is 1. The van der Waals surface area contributed by atoms with Crippen molar-refractivity contribution in [3.05, 3.63) is 72.3 Å². The number of hydrogen-bond acceptors (Lipinski definition) is 6. The third kappa shape index (κ3) is 4.67. The SMILES string of the molecule is COc1cc(OCc2ccc(C)cn2)ccc1-c1cnc(-c2ccc(N3CCCC3)nc2)[nH]1. The topological polar surface area (TPSA) is 76.2 Å². The molecule has 7 nitrogen and oxygen atoms in total. The van der Waals surface area contributed by atoms with Crippen LogP contribution in [0, 0.1) is 6.92 Å². The maximum Gasteiger partial charge on any atom is 0.139 e. The number of pyridine rings is 2. The van der Waals surface area contributed by atoms with Gasteiger partial charge in [0.15, 0.2) is 0 Å². The Hall–Kier alpha value is -3.87. The van der Waals surface area contributed by atoms with Gasteiger partial charge in [-0.05, 0) is 55.7 Å². The second kappa shape index (κ2) is 9.32. The van der Waals surface area contributed by atoms with Crippen molar-refractivity contribution in [2.24, 2.45) is 0 Å². The highest BCUT2D eigenvalue weighted by molar-refractivity contribution is 5.71. The van der Waals surface area contributed by atoms with Crippen LogP contribution in [0.2, 0.25) is 0 Å². The van der Waals surface area contributed by atoms with Gasteiger partial charge in [-0.2, -0.15) is 0 Å². The van der Waals surface area contributed by atoms with Gasteiger partial charge in [-0.25, -0.2) is 9.97 Å². The van der Waals surface area contributed by atoms with E-state index in [1.54, 1.807) is 7.11 Å². The molecular formula is C26H27N5O2. The quantitative estimate of drug-likeness (QED) is 0.434. The monoisotopic (exact) mass is 441 g/mol. The first kappa shape index (κ1) is 21.0. The molecule has 3 aromatic heterocycles. The molecule has 1 saturated heterocycles. The summed E-state index contributed by atoms with van der Waals surface area (Å²) in [5.74, 6) is 3.24. The van der Waals surface area contributed by atoms with Crippen LogP contribution in [0.1, 0.15) is 24.1 Å². The molecule has 0 spiro atoms. The van der Waals surface area contributed by atoms with Crippen molar-refractivity contribution >= 4 is 5.82 Å². The number of rotatable bonds is 7. The molecule has 0 radical (unpaired) electrons. The Kier molecular flexibility index (Phi) is 5.93. The number of nitrogens with one attached hydrogen (secondary N) is 1. The number of imidazole rings is 1. The average molecular weight is 442 g/mol. The number of aryl methyl sites for hydroxylation is 1. The number of aromatic amines is 1. The summed E-state index contributed by atoms with van der Waals surface area (Å²) in [5.41, 5.74) is 4.75. The molecule has 4 heterocycles. The van der Waals surface area contributed by atoms with Crippen LogP contribution in [-0.2, 0) is 6.61 Å². The van der Waals surface area contributed by atoms with E-state index in [2.05, 4.69) is 37.0 Å². The number of methoxy groups -OCH3 is 1. The summed E-state index contributed by atoms with van der Waals surface area (Å²) in [6, 6.07) is 13.9. The Labute approximate surface area is 193 Å². The summed E-state index contributed by atoms with van der Waals surface area (Å²) >= 11 is 0. The van der Waals surface area contributed by atoms with Crippen LogP contribution < -0.4 is 14.4 Å². The Balaban J connectivity index is 1.31. The van der Waals surface area contributed by atoms with Gasteiger partial charge in [0.1, 0.15) is 29.7 Å². The molecule has 1 aliphatic rings. The zero-order chi connectivity index (χ0) is 22.6. The molecule has 0 aliphatic carbocycles. The molecule has 5 rings (SSSR count). The lowest BCUT2D eigenvalue weighted by atomic mass is 10.1. The van der Waals surface area contributed by atoms with Crippen LogP contribution in [0.25, 0.3) is 22.6 Å².